The van der Waals surface area contributed by atoms with Gasteiger partial charge in [-0.3, -0.25) is 19.3 Å². The summed E-state index contributed by atoms with van der Waals surface area (Å²) in [4.78, 5) is 36.9. The maximum absolute atomic E-state index is 12.6. The van der Waals surface area contributed by atoms with E-state index < -0.39 is 17.9 Å². The number of carbonyl (C=O) groups is 3. The van der Waals surface area contributed by atoms with Crippen LogP contribution in [-0.4, -0.2) is 44.7 Å². The monoisotopic (exact) mass is 406 g/mol. The number of carbonyl (C=O) groups excluding carboxylic acids is 2. The van der Waals surface area contributed by atoms with Crippen LogP contribution in [0.5, 0.6) is 0 Å². The zero-order chi connectivity index (χ0) is 20.4. The standard InChI is InChI=1S/C19H22N2O4S2/c1-11(17(24)25)20-15(22)10-21-16(23)14(27-18(21)26)9-12-5-7-13(8-6-12)19(2,3)4/h5-9,11H,10H2,1-4H3,(H,20,22)(H,24,25)/b14-9-. The van der Waals surface area contributed by atoms with Gasteiger partial charge in [-0.05, 0) is 29.5 Å². The number of hydrogen-bond donors (Lipinski definition) is 2. The lowest BCUT2D eigenvalue weighted by Crippen LogP contribution is -2.45. The summed E-state index contributed by atoms with van der Waals surface area (Å²) in [5, 5.41) is 11.1. The van der Waals surface area contributed by atoms with Crippen molar-refractivity contribution in [3.05, 3.63) is 40.3 Å². The zero-order valence-electron chi connectivity index (χ0n) is 15.6. The van der Waals surface area contributed by atoms with E-state index in [1.165, 1.54) is 17.4 Å². The number of thioether (sulfide) groups is 1. The van der Waals surface area contributed by atoms with Crippen molar-refractivity contribution in [1.82, 2.24) is 10.2 Å². The Bertz CT molecular complexity index is 810. The van der Waals surface area contributed by atoms with Gasteiger partial charge in [0.1, 0.15) is 16.9 Å². The molecule has 1 fully saturated rings. The predicted molar refractivity (Wildman–Crippen MR) is 110 cm³/mol. The Balaban J connectivity index is 2.09. The Hall–Kier alpha value is -2.19. The number of nitrogens with one attached hydrogen (secondary N) is 1. The Morgan fingerprint density at radius 2 is 1.89 bits per heavy atom. The van der Waals surface area contributed by atoms with Crippen LogP contribution in [-0.2, 0) is 19.8 Å². The molecule has 1 aromatic rings. The number of carboxylic acids is 1. The maximum Gasteiger partial charge on any atom is 0.325 e. The van der Waals surface area contributed by atoms with Crippen molar-refractivity contribution in [2.24, 2.45) is 0 Å². The lowest BCUT2D eigenvalue weighted by Gasteiger charge is -2.18. The summed E-state index contributed by atoms with van der Waals surface area (Å²) in [6, 6.07) is 6.89. The van der Waals surface area contributed by atoms with E-state index in [9.17, 15) is 14.4 Å². The fraction of sp³-hybridized carbons (Fsp3) is 0.368. The topological polar surface area (TPSA) is 86.7 Å². The SMILES string of the molecule is CC(NC(=O)CN1C(=O)/C(=C/c2ccc(C(C)(C)C)cc2)SC1=S)C(=O)O. The van der Waals surface area contributed by atoms with Crippen LogP contribution in [0.15, 0.2) is 29.2 Å². The molecule has 1 heterocycles. The molecule has 27 heavy (non-hydrogen) atoms. The van der Waals surface area contributed by atoms with Gasteiger partial charge >= 0.3 is 5.97 Å². The first kappa shape index (κ1) is 21.1. The van der Waals surface area contributed by atoms with Crippen LogP contribution >= 0.6 is 24.0 Å². The molecule has 1 saturated heterocycles. The third-order valence-electron chi connectivity index (χ3n) is 4.00. The molecule has 0 spiro atoms. The minimum atomic E-state index is -1.15. The van der Waals surface area contributed by atoms with Crippen molar-refractivity contribution in [2.75, 3.05) is 6.54 Å². The van der Waals surface area contributed by atoms with E-state index in [0.29, 0.717) is 4.91 Å². The van der Waals surface area contributed by atoms with Gasteiger partial charge in [0.2, 0.25) is 5.91 Å². The molecule has 2 N–H and O–H groups in total. The molecule has 0 bridgehead atoms. The molecule has 1 aromatic carbocycles. The molecule has 2 rings (SSSR count). The minimum Gasteiger partial charge on any atom is -0.480 e. The molecule has 1 unspecified atom stereocenters. The van der Waals surface area contributed by atoms with Crippen molar-refractivity contribution in [2.45, 2.75) is 39.2 Å². The summed E-state index contributed by atoms with van der Waals surface area (Å²) in [7, 11) is 0. The third-order valence-corrected chi connectivity index (χ3v) is 5.38. The van der Waals surface area contributed by atoms with Crippen LogP contribution in [0.4, 0.5) is 0 Å². The van der Waals surface area contributed by atoms with Gasteiger partial charge in [-0.1, -0.05) is 69.0 Å². The van der Waals surface area contributed by atoms with E-state index in [1.807, 2.05) is 24.3 Å². The molecule has 1 atom stereocenters. The van der Waals surface area contributed by atoms with E-state index in [4.69, 9.17) is 17.3 Å². The molecule has 0 radical (unpaired) electrons. The zero-order valence-corrected chi connectivity index (χ0v) is 17.2. The summed E-state index contributed by atoms with van der Waals surface area (Å²) in [5.74, 6) is -2.08. The van der Waals surface area contributed by atoms with Crippen LogP contribution in [0.2, 0.25) is 0 Å². The van der Waals surface area contributed by atoms with Crippen molar-refractivity contribution in [1.29, 1.82) is 0 Å². The smallest absolute Gasteiger partial charge is 0.325 e. The highest BCUT2D eigenvalue weighted by atomic mass is 32.2. The largest absolute Gasteiger partial charge is 0.480 e. The fourth-order valence-electron chi connectivity index (χ4n) is 2.36. The van der Waals surface area contributed by atoms with Crippen molar-refractivity contribution < 1.29 is 19.5 Å². The highest BCUT2D eigenvalue weighted by Crippen LogP contribution is 2.32. The highest BCUT2D eigenvalue weighted by molar-refractivity contribution is 8.26. The molecular formula is C19H22N2O4S2. The molecule has 0 aliphatic carbocycles. The quantitative estimate of drug-likeness (QED) is 0.578. The molecular weight excluding hydrogens is 384 g/mol. The molecule has 6 nitrogen and oxygen atoms in total. The number of nitrogens with zero attached hydrogens (tertiary/aromatic N) is 1. The number of carboxylic acid groups (broad SMARTS) is 1. The molecule has 8 heteroatoms. The van der Waals surface area contributed by atoms with Crippen LogP contribution in [0.25, 0.3) is 6.08 Å². The third kappa shape index (κ3) is 5.40. The average molecular weight is 407 g/mol. The number of hydrogen-bond acceptors (Lipinski definition) is 5. The second kappa shape index (κ2) is 8.22. The Morgan fingerprint density at radius 3 is 2.41 bits per heavy atom. The van der Waals surface area contributed by atoms with Gasteiger partial charge in [-0.15, -0.1) is 0 Å². The van der Waals surface area contributed by atoms with Crippen LogP contribution < -0.4 is 5.32 Å². The molecule has 0 aromatic heterocycles. The lowest BCUT2D eigenvalue weighted by atomic mass is 9.87. The van der Waals surface area contributed by atoms with Crippen molar-refractivity contribution in [3.8, 4) is 0 Å². The Kier molecular flexibility index (Phi) is 6.43. The van der Waals surface area contributed by atoms with Gasteiger partial charge in [0, 0.05) is 0 Å². The molecule has 2 amide bonds. The Labute approximate surface area is 168 Å². The van der Waals surface area contributed by atoms with E-state index in [-0.39, 0.29) is 22.2 Å². The Morgan fingerprint density at radius 1 is 1.30 bits per heavy atom. The second-order valence-corrected chi connectivity index (χ2v) is 8.94. The number of benzene rings is 1. The van der Waals surface area contributed by atoms with Gasteiger partial charge in [-0.25, -0.2) is 0 Å². The van der Waals surface area contributed by atoms with Gasteiger partial charge in [0.25, 0.3) is 5.91 Å². The molecule has 144 valence electrons. The number of rotatable bonds is 5. The highest BCUT2D eigenvalue weighted by Gasteiger charge is 2.33. The molecule has 1 aliphatic rings. The number of thiocarbonyl (C=S) groups is 1. The van der Waals surface area contributed by atoms with Crippen molar-refractivity contribution in [3.63, 3.8) is 0 Å². The van der Waals surface area contributed by atoms with Crippen LogP contribution in [0, 0.1) is 0 Å². The van der Waals surface area contributed by atoms with Crippen LogP contribution in [0.3, 0.4) is 0 Å². The van der Waals surface area contributed by atoms with E-state index in [0.717, 1.165) is 17.3 Å². The van der Waals surface area contributed by atoms with Gasteiger partial charge in [0.15, 0.2) is 0 Å². The van der Waals surface area contributed by atoms with Crippen molar-refractivity contribution >= 4 is 52.2 Å². The summed E-state index contributed by atoms with van der Waals surface area (Å²) < 4.78 is 0.274. The first-order valence-corrected chi connectivity index (χ1v) is 9.59. The minimum absolute atomic E-state index is 0.0441. The number of aliphatic carboxylic acids is 1. The summed E-state index contributed by atoms with van der Waals surface area (Å²) >= 11 is 6.32. The lowest BCUT2D eigenvalue weighted by molar-refractivity contribution is -0.141. The normalized spacial score (nSPS) is 17.3. The fourth-order valence-corrected chi connectivity index (χ4v) is 3.61. The van der Waals surface area contributed by atoms with E-state index in [1.54, 1.807) is 6.08 Å². The summed E-state index contributed by atoms with van der Waals surface area (Å²) in [6.07, 6.45) is 1.74. The van der Waals surface area contributed by atoms with Gasteiger partial charge in [0.05, 0.1) is 4.91 Å². The first-order valence-electron chi connectivity index (χ1n) is 8.37. The van der Waals surface area contributed by atoms with Gasteiger partial charge < -0.3 is 10.4 Å². The predicted octanol–water partition coefficient (Wildman–Crippen LogP) is 2.77. The molecule has 1 aliphatic heterocycles. The summed E-state index contributed by atoms with van der Waals surface area (Å²) in [6.45, 7) is 7.43. The molecule has 0 saturated carbocycles. The average Bonchev–Trinajstić information content (AvgIpc) is 2.82. The van der Waals surface area contributed by atoms with Crippen LogP contribution in [0.1, 0.15) is 38.8 Å². The van der Waals surface area contributed by atoms with E-state index in [2.05, 4.69) is 26.1 Å². The first-order chi connectivity index (χ1) is 12.5. The second-order valence-electron chi connectivity index (χ2n) is 7.27. The van der Waals surface area contributed by atoms with Gasteiger partial charge in [-0.2, -0.15) is 0 Å². The van der Waals surface area contributed by atoms with E-state index >= 15 is 0 Å². The maximum atomic E-state index is 12.6. The number of amides is 2. The summed E-state index contributed by atoms with van der Waals surface area (Å²) in [5.41, 5.74) is 2.10.